The molecule has 0 amide bonds. The minimum absolute atomic E-state index is 0.0510. The second-order valence-electron chi connectivity index (χ2n) is 4.69. The van der Waals surface area contributed by atoms with Crippen molar-refractivity contribution >= 4 is 0 Å². The van der Waals surface area contributed by atoms with Crippen molar-refractivity contribution in [3.8, 4) is 0 Å². The van der Waals surface area contributed by atoms with Crippen LogP contribution in [0.5, 0.6) is 0 Å². The van der Waals surface area contributed by atoms with E-state index in [1.165, 1.54) is 0 Å². The second kappa shape index (κ2) is 7.45. The first-order chi connectivity index (χ1) is 8.62. The fraction of sp³-hybridized carbons (Fsp3) is 0.833. The smallest absolute Gasteiger partial charge is 0.172 e. The van der Waals surface area contributed by atoms with Crippen LogP contribution >= 0.6 is 0 Å². The van der Waals surface area contributed by atoms with Crippen molar-refractivity contribution in [1.29, 1.82) is 0 Å². The van der Waals surface area contributed by atoms with E-state index in [1.54, 1.807) is 20.5 Å². The Morgan fingerprint density at radius 1 is 1.33 bits per heavy atom. The summed E-state index contributed by atoms with van der Waals surface area (Å²) in [6.07, 6.45) is 2.02. The van der Waals surface area contributed by atoms with Gasteiger partial charge >= 0.3 is 0 Å². The third kappa shape index (κ3) is 4.04. The minimum atomic E-state index is -0.292. The van der Waals surface area contributed by atoms with Gasteiger partial charge in [-0.05, 0) is 13.0 Å². The summed E-state index contributed by atoms with van der Waals surface area (Å²) in [5, 5.41) is 7.44. The van der Waals surface area contributed by atoms with Crippen LogP contribution in [0.4, 0.5) is 0 Å². The molecule has 0 aliphatic carbocycles. The molecule has 6 heteroatoms. The first-order valence-corrected chi connectivity index (χ1v) is 6.21. The highest BCUT2D eigenvalue weighted by Crippen LogP contribution is 2.08. The van der Waals surface area contributed by atoms with Crippen LogP contribution in [0.15, 0.2) is 6.33 Å². The van der Waals surface area contributed by atoms with Gasteiger partial charge < -0.3 is 14.8 Å². The molecule has 1 unspecified atom stereocenters. The average molecular weight is 256 g/mol. The van der Waals surface area contributed by atoms with Crippen LogP contribution in [0.1, 0.15) is 19.7 Å². The third-order valence-corrected chi connectivity index (χ3v) is 2.80. The standard InChI is InChI=1S/C12H24N4O2/c1-9(2)7-16-11(14-8-15-16)6-10(13-3)12(17-4)18-5/h8-10,12-13H,6-7H2,1-5H3. The van der Waals surface area contributed by atoms with Crippen molar-refractivity contribution in [2.45, 2.75) is 39.1 Å². The van der Waals surface area contributed by atoms with E-state index in [4.69, 9.17) is 9.47 Å². The number of hydrogen-bond acceptors (Lipinski definition) is 5. The topological polar surface area (TPSA) is 61.2 Å². The highest BCUT2D eigenvalue weighted by molar-refractivity contribution is 4.91. The summed E-state index contributed by atoms with van der Waals surface area (Å²) in [4.78, 5) is 4.31. The molecular weight excluding hydrogens is 232 g/mol. The maximum atomic E-state index is 5.28. The molecule has 1 rings (SSSR count). The highest BCUT2D eigenvalue weighted by atomic mass is 16.7. The van der Waals surface area contributed by atoms with Crippen LogP contribution in [-0.4, -0.2) is 48.4 Å². The van der Waals surface area contributed by atoms with E-state index < -0.39 is 0 Å². The molecule has 104 valence electrons. The first kappa shape index (κ1) is 15.1. The Balaban J connectivity index is 2.72. The van der Waals surface area contributed by atoms with Crippen molar-refractivity contribution in [2.24, 2.45) is 5.92 Å². The van der Waals surface area contributed by atoms with Gasteiger partial charge in [0, 0.05) is 27.2 Å². The van der Waals surface area contributed by atoms with E-state index in [0.717, 1.165) is 18.8 Å². The minimum Gasteiger partial charge on any atom is -0.354 e. The summed E-state index contributed by atoms with van der Waals surface area (Å²) >= 11 is 0. The van der Waals surface area contributed by atoms with Crippen LogP contribution in [-0.2, 0) is 22.4 Å². The molecule has 1 heterocycles. The summed E-state index contributed by atoms with van der Waals surface area (Å²) in [5.74, 6) is 1.49. The van der Waals surface area contributed by atoms with Crippen molar-refractivity contribution in [3.63, 3.8) is 0 Å². The number of rotatable bonds is 8. The molecule has 0 radical (unpaired) electrons. The maximum Gasteiger partial charge on any atom is 0.172 e. The summed E-state index contributed by atoms with van der Waals surface area (Å²) in [6.45, 7) is 5.19. The molecule has 0 spiro atoms. The van der Waals surface area contributed by atoms with Gasteiger partial charge in [0.15, 0.2) is 6.29 Å². The van der Waals surface area contributed by atoms with Crippen LogP contribution in [0.2, 0.25) is 0 Å². The maximum absolute atomic E-state index is 5.28. The Bertz CT molecular complexity index is 337. The Hall–Kier alpha value is -0.980. The molecule has 0 aliphatic rings. The SMILES string of the molecule is CNC(Cc1ncnn1CC(C)C)C(OC)OC. The van der Waals surface area contributed by atoms with Crippen molar-refractivity contribution in [2.75, 3.05) is 21.3 Å². The monoisotopic (exact) mass is 256 g/mol. The molecule has 1 aromatic heterocycles. The lowest BCUT2D eigenvalue weighted by Gasteiger charge is -2.24. The molecule has 0 aromatic carbocycles. The number of hydrogen-bond donors (Lipinski definition) is 1. The van der Waals surface area contributed by atoms with Gasteiger partial charge in [-0.3, -0.25) is 0 Å². The Labute approximate surface area is 109 Å². The second-order valence-corrected chi connectivity index (χ2v) is 4.69. The Morgan fingerprint density at radius 3 is 2.50 bits per heavy atom. The molecular formula is C12H24N4O2. The van der Waals surface area contributed by atoms with Gasteiger partial charge in [-0.1, -0.05) is 13.8 Å². The summed E-state index contributed by atoms with van der Waals surface area (Å²) in [5.41, 5.74) is 0. The van der Waals surface area contributed by atoms with Crippen LogP contribution in [0, 0.1) is 5.92 Å². The third-order valence-electron chi connectivity index (χ3n) is 2.80. The normalized spacial score (nSPS) is 13.5. The molecule has 0 fully saturated rings. The molecule has 0 saturated heterocycles. The van der Waals surface area contributed by atoms with Crippen LogP contribution in [0.25, 0.3) is 0 Å². The van der Waals surface area contributed by atoms with Gasteiger partial charge in [0.2, 0.25) is 0 Å². The lowest BCUT2D eigenvalue weighted by Crippen LogP contribution is -2.42. The Kier molecular flexibility index (Phi) is 6.24. The van der Waals surface area contributed by atoms with Gasteiger partial charge in [-0.25, -0.2) is 9.67 Å². The number of ether oxygens (including phenoxy) is 2. The molecule has 18 heavy (non-hydrogen) atoms. The molecule has 6 nitrogen and oxygen atoms in total. The highest BCUT2D eigenvalue weighted by Gasteiger charge is 2.22. The van der Waals surface area contributed by atoms with E-state index in [9.17, 15) is 0 Å². The van der Waals surface area contributed by atoms with Gasteiger partial charge in [-0.15, -0.1) is 0 Å². The predicted molar refractivity (Wildman–Crippen MR) is 69.2 cm³/mol. The average Bonchev–Trinajstić information content (AvgIpc) is 2.75. The van der Waals surface area contributed by atoms with Crippen molar-refractivity contribution in [3.05, 3.63) is 12.2 Å². The van der Waals surface area contributed by atoms with Crippen molar-refractivity contribution in [1.82, 2.24) is 20.1 Å². The van der Waals surface area contributed by atoms with E-state index >= 15 is 0 Å². The zero-order valence-electron chi connectivity index (χ0n) is 11.9. The predicted octanol–water partition coefficient (Wildman–Crippen LogP) is 0.683. The molecule has 1 N–H and O–H groups in total. The van der Waals surface area contributed by atoms with E-state index in [-0.39, 0.29) is 12.3 Å². The zero-order valence-corrected chi connectivity index (χ0v) is 11.9. The van der Waals surface area contributed by atoms with E-state index in [1.807, 2.05) is 11.7 Å². The van der Waals surface area contributed by atoms with Crippen LogP contribution < -0.4 is 5.32 Å². The van der Waals surface area contributed by atoms with Crippen molar-refractivity contribution < 1.29 is 9.47 Å². The largest absolute Gasteiger partial charge is 0.354 e. The first-order valence-electron chi connectivity index (χ1n) is 6.21. The number of aromatic nitrogens is 3. The van der Waals surface area contributed by atoms with Crippen LogP contribution in [0.3, 0.4) is 0 Å². The quantitative estimate of drug-likeness (QED) is 0.693. The molecule has 0 aliphatic heterocycles. The number of nitrogens with one attached hydrogen (secondary N) is 1. The number of methoxy groups -OCH3 is 2. The summed E-state index contributed by atoms with van der Waals surface area (Å²) in [6, 6.07) is 0.0510. The lowest BCUT2D eigenvalue weighted by molar-refractivity contribution is -0.121. The number of nitrogens with zero attached hydrogens (tertiary/aromatic N) is 3. The Morgan fingerprint density at radius 2 is 2.00 bits per heavy atom. The fourth-order valence-electron chi connectivity index (χ4n) is 1.90. The van der Waals surface area contributed by atoms with E-state index in [0.29, 0.717) is 5.92 Å². The van der Waals surface area contributed by atoms with Gasteiger partial charge in [0.25, 0.3) is 0 Å². The molecule has 0 bridgehead atoms. The molecule has 1 atom stereocenters. The molecule has 1 aromatic rings. The number of likely N-dealkylation sites (N-methyl/N-ethyl adjacent to an activating group) is 1. The summed E-state index contributed by atoms with van der Waals surface area (Å²) < 4.78 is 12.5. The van der Waals surface area contributed by atoms with E-state index in [2.05, 4.69) is 29.2 Å². The molecule has 0 saturated carbocycles. The van der Waals surface area contributed by atoms with Gasteiger partial charge in [-0.2, -0.15) is 5.10 Å². The van der Waals surface area contributed by atoms with Gasteiger partial charge in [0.05, 0.1) is 6.04 Å². The fourth-order valence-corrected chi connectivity index (χ4v) is 1.90. The lowest BCUT2D eigenvalue weighted by atomic mass is 10.1. The van der Waals surface area contributed by atoms with Gasteiger partial charge in [0.1, 0.15) is 12.2 Å². The summed E-state index contributed by atoms with van der Waals surface area (Å²) in [7, 11) is 5.16. The zero-order chi connectivity index (χ0) is 13.5.